The molecule has 0 aliphatic heterocycles. The Morgan fingerprint density at radius 3 is 2.89 bits per heavy atom. The number of phenolic OH excluding ortho intramolecular Hbond substituents is 1. The van der Waals surface area contributed by atoms with Gasteiger partial charge in [0.05, 0.1) is 13.2 Å². The molecule has 4 N–H and O–H groups in total. The molecule has 0 bridgehead atoms. The maximum atomic E-state index is 10.3. The number of aromatic nitrogens is 4. The molecule has 1 aliphatic rings. The van der Waals surface area contributed by atoms with E-state index in [1.807, 2.05) is 10.7 Å². The molecule has 1 aromatic carbocycles. The van der Waals surface area contributed by atoms with Gasteiger partial charge < -0.3 is 15.6 Å². The number of tetrazole rings is 1. The van der Waals surface area contributed by atoms with Crippen LogP contribution in [0.4, 0.5) is 0 Å². The smallest absolute Gasteiger partial charge is 0.172 e. The van der Waals surface area contributed by atoms with Crippen molar-refractivity contribution in [1.82, 2.24) is 25.5 Å². The highest BCUT2D eigenvalue weighted by atomic mass is 16.5. The number of rotatable bonds is 8. The average Bonchev–Trinajstić information content (AvgIpc) is 3.14. The van der Waals surface area contributed by atoms with Crippen molar-refractivity contribution in [2.24, 2.45) is 5.73 Å². The standard InChI is InChI=1S/C19H30N6O2/c1-3-4-11-25-19(22-23-24-25)18(21-15-8-6-5-7-14(15)20)13-9-10-17(27-2)16(26)12-13/h9-10,12,14-15,18,21,26H,3-8,11,20H2,1-2H3. The van der Waals surface area contributed by atoms with Gasteiger partial charge in [-0.25, -0.2) is 4.68 Å². The molecule has 1 aliphatic carbocycles. The highest BCUT2D eigenvalue weighted by Crippen LogP contribution is 2.32. The van der Waals surface area contributed by atoms with Crippen molar-refractivity contribution in [3.8, 4) is 11.5 Å². The third kappa shape index (κ3) is 4.56. The van der Waals surface area contributed by atoms with Crippen LogP contribution in [0.1, 0.15) is 62.9 Å². The Balaban J connectivity index is 1.93. The number of phenols is 1. The Morgan fingerprint density at radius 2 is 2.19 bits per heavy atom. The van der Waals surface area contributed by atoms with Gasteiger partial charge in [-0.2, -0.15) is 0 Å². The van der Waals surface area contributed by atoms with Crippen LogP contribution in [0.3, 0.4) is 0 Å². The second kappa shape index (κ2) is 9.14. The second-order valence-corrected chi connectivity index (χ2v) is 7.20. The van der Waals surface area contributed by atoms with E-state index < -0.39 is 0 Å². The molecule has 1 aromatic heterocycles. The van der Waals surface area contributed by atoms with Crippen LogP contribution < -0.4 is 15.8 Å². The molecule has 2 aromatic rings. The predicted molar refractivity (Wildman–Crippen MR) is 103 cm³/mol. The number of nitrogens with one attached hydrogen (secondary N) is 1. The molecule has 8 heteroatoms. The van der Waals surface area contributed by atoms with Gasteiger partial charge in [-0.1, -0.05) is 32.3 Å². The summed E-state index contributed by atoms with van der Waals surface area (Å²) in [6, 6.07) is 5.45. The first-order valence-electron chi connectivity index (χ1n) is 9.78. The maximum Gasteiger partial charge on any atom is 0.172 e. The van der Waals surface area contributed by atoms with E-state index in [1.54, 1.807) is 12.1 Å². The predicted octanol–water partition coefficient (Wildman–Crippen LogP) is 2.14. The van der Waals surface area contributed by atoms with E-state index >= 15 is 0 Å². The molecule has 0 radical (unpaired) electrons. The molecule has 0 spiro atoms. The summed E-state index contributed by atoms with van der Waals surface area (Å²) in [5.41, 5.74) is 7.25. The van der Waals surface area contributed by atoms with Crippen LogP contribution in [0.15, 0.2) is 18.2 Å². The molecule has 148 valence electrons. The molecule has 27 heavy (non-hydrogen) atoms. The monoisotopic (exact) mass is 374 g/mol. The molecule has 3 unspecified atom stereocenters. The quantitative estimate of drug-likeness (QED) is 0.649. The number of hydrogen-bond acceptors (Lipinski definition) is 7. The van der Waals surface area contributed by atoms with Gasteiger partial charge in [-0.3, -0.25) is 5.32 Å². The van der Waals surface area contributed by atoms with E-state index in [1.165, 1.54) is 13.5 Å². The zero-order chi connectivity index (χ0) is 19.2. The first-order chi connectivity index (χ1) is 13.1. The maximum absolute atomic E-state index is 10.3. The largest absolute Gasteiger partial charge is 0.504 e. The van der Waals surface area contributed by atoms with Crippen LogP contribution in [0.2, 0.25) is 0 Å². The van der Waals surface area contributed by atoms with E-state index in [9.17, 15) is 5.11 Å². The minimum absolute atomic E-state index is 0.0994. The van der Waals surface area contributed by atoms with Crippen molar-refractivity contribution >= 4 is 0 Å². The lowest BCUT2D eigenvalue weighted by Gasteiger charge is -2.33. The molecule has 0 saturated heterocycles. The number of benzene rings is 1. The van der Waals surface area contributed by atoms with Gasteiger partial charge in [0.1, 0.15) is 0 Å². The summed E-state index contributed by atoms with van der Waals surface area (Å²) in [5.74, 6) is 1.28. The minimum Gasteiger partial charge on any atom is -0.504 e. The normalized spacial score (nSPS) is 21.1. The van der Waals surface area contributed by atoms with Gasteiger partial charge in [0.15, 0.2) is 17.3 Å². The van der Waals surface area contributed by atoms with Gasteiger partial charge in [-0.15, -0.1) is 5.10 Å². The molecule has 1 fully saturated rings. The summed E-state index contributed by atoms with van der Waals surface area (Å²) in [6.45, 7) is 2.90. The minimum atomic E-state index is -0.247. The van der Waals surface area contributed by atoms with Gasteiger partial charge in [0.2, 0.25) is 0 Å². The molecular weight excluding hydrogens is 344 g/mol. The Hall–Kier alpha value is -2.19. The third-order valence-corrected chi connectivity index (χ3v) is 5.28. The Bertz CT molecular complexity index is 735. The Labute approximate surface area is 160 Å². The number of aryl methyl sites for hydroxylation is 1. The lowest BCUT2D eigenvalue weighted by Crippen LogP contribution is -2.48. The summed E-state index contributed by atoms with van der Waals surface area (Å²) in [4.78, 5) is 0. The van der Waals surface area contributed by atoms with Gasteiger partial charge in [-0.05, 0) is 47.4 Å². The number of hydrogen-bond donors (Lipinski definition) is 3. The van der Waals surface area contributed by atoms with E-state index in [2.05, 4.69) is 27.8 Å². The zero-order valence-corrected chi connectivity index (χ0v) is 16.1. The Kier molecular flexibility index (Phi) is 6.63. The van der Waals surface area contributed by atoms with Crippen molar-refractivity contribution in [1.29, 1.82) is 0 Å². The van der Waals surface area contributed by atoms with Crippen molar-refractivity contribution in [3.05, 3.63) is 29.6 Å². The number of nitrogens with zero attached hydrogens (tertiary/aromatic N) is 4. The fraction of sp³-hybridized carbons (Fsp3) is 0.632. The van der Waals surface area contributed by atoms with E-state index in [4.69, 9.17) is 10.5 Å². The third-order valence-electron chi connectivity index (χ3n) is 5.28. The van der Waals surface area contributed by atoms with Crippen LogP contribution in [-0.4, -0.2) is 44.5 Å². The summed E-state index contributed by atoms with van der Waals surface area (Å²) in [6.07, 6.45) is 6.43. The fourth-order valence-electron chi connectivity index (χ4n) is 3.67. The highest BCUT2D eigenvalue weighted by Gasteiger charge is 2.29. The van der Waals surface area contributed by atoms with Crippen molar-refractivity contribution in [2.45, 2.75) is 70.1 Å². The number of methoxy groups -OCH3 is 1. The molecule has 1 heterocycles. The zero-order valence-electron chi connectivity index (χ0n) is 16.1. The lowest BCUT2D eigenvalue weighted by atomic mass is 9.89. The first-order valence-corrected chi connectivity index (χ1v) is 9.78. The SMILES string of the molecule is CCCCn1nnnc1C(NC1CCCCC1N)c1ccc(OC)c(O)c1. The van der Waals surface area contributed by atoms with E-state index in [-0.39, 0.29) is 23.9 Å². The van der Waals surface area contributed by atoms with Crippen molar-refractivity contribution in [2.75, 3.05) is 7.11 Å². The van der Waals surface area contributed by atoms with Crippen LogP contribution in [-0.2, 0) is 6.54 Å². The lowest BCUT2D eigenvalue weighted by molar-refractivity contribution is 0.305. The summed E-state index contributed by atoms with van der Waals surface area (Å²) < 4.78 is 7.02. The number of nitrogens with two attached hydrogens (primary N) is 1. The molecule has 3 atom stereocenters. The number of ether oxygens (including phenoxy) is 1. The number of unbranched alkanes of at least 4 members (excludes halogenated alkanes) is 1. The molecule has 3 rings (SSSR count). The fourth-order valence-corrected chi connectivity index (χ4v) is 3.67. The first kappa shape index (κ1) is 19.6. The highest BCUT2D eigenvalue weighted by molar-refractivity contribution is 5.43. The molecular formula is C19H30N6O2. The molecule has 1 saturated carbocycles. The van der Waals surface area contributed by atoms with Crippen LogP contribution >= 0.6 is 0 Å². The van der Waals surface area contributed by atoms with Crippen LogP contribution in [0.5, 0.6) is 11.5 Å². The van der Waals surface area contributed by atoms with Gasteiger partial charge in [0, 0.05) is 18.6 Å². The summed E-state index contributed by atoms with van der Waals surface area (Å²) in [5, 5.41) is 26.3. The van der Waals surface area contributed by atoms with Crippen molar-refractivity contribution in [3.63, 3.8) is 0 Å². The van der Waals surface area contributed by atoms with Gasteiger partial charge >= 0.3 is 0 Å². The average molecular weight is 374 g/mol. The summed E-state index contributed by atoms with van der Waals surface area (Å²) >= 11 is 0. The van der Waals surface area contributed by atoms with E-state index in [0.29, 0.717) is 5.75 Å². The number of aromatic hydroxyl groups is 1. The van der Waals surface area contributed by atoms with Crippen molar-refractivity contribution < 1.29 is 9.84 Å². The molecule has 8 nitrogen and oxygen atoms in total. The van der Waals surface area contributed by atoms with Gasteiger partial charge in [0.25, 0.3) is 0 Å². The summed E-state index contributed by atoms with van der Waals surface area (Å²) in [7, 11) is 1.54. The molecule has 0 amide bonds. The topological polar surface area (TPSA) is 111 Å². The Morgan fingerprint density at radius 1 is 1.37 bits per heavy atom. The van der Waals surface area contributed by atoms with Crippen LogP contribution in [0, 0.1) is 0 Å². The van der Waals surface area contributed by atoms with Crippen LogP contribution in [0.25, 0.3) is 0 Å². The second-order valence-electron chi connectivity index (χ2n) is 7.20. The van der Waals surface area contributed by atoms with E-state index in [0.717, 1.165) is 50.0 Å².